The Morgan fingerprint density at radius 1 is 0.971 bits per heavy atom. The second-order valence-corrected chi connectivity index (χ2v) is 13.0. The maximum atomic E-state index is 14.1. The maximum absolute atomic E-state index is 14.1. The molecule has 1 heterocycles. The minimum Gasteiger partial charge on any atom is -0.481 e. The van der Waals surface area contributed by atoms with Gasteiger partial charge in [-0.25, -0.2) is 8.42 Å². The maximum Gasteiger partial charge on any atom is 0.308 e. The number of rotatable bonds is 8. The average Bonchev–Trinajstić information content (AvgIpc) is 3.59. The van der Waals surface area contributed by atoms with E-state index in [4.69, 9.17) is 0 Å². The van der Waals surface area contributed by atoms with Crippen molar-refractivity contribution in [3.8, 4) is 10.4 Å². The Labute approximate surface area is 210 Å². The summed E-state index contributed by atoms with van der Waals surface area (Å²) in [6.07, 6.45) is 2.54. The first-order valence-electron chi connectivity index (χ1n) is 11.9. The zero-order chi connectivity index (χ0) is 24.7. The lowest BCUT2D eigenvalue weighted by atomic mass is 9.84. The Hall–Kier alpha value is -2.68. The van der Waals surface area contributed by atoms with Crippen molar-refractivity contribution in [2.75, 3.05) is 19.0 Å². The van der Waals surface area contributed by atoms with Crippen LogP contribution in [-0.4, -0.2) is 43.9 Å². The van der Waals surface area contributed by atoms with Crippen LogP contribution in [0.2, 0.25) is 0 Å². The van der Waals surface area contributed by atoms with E-state index < -0.39 is 28.0 Å². The van der Waals surface area contributed by atoms with Crippen LogP contribution in [-0.2, 0) is 21.4 Å². The molecule has 0 saturated heterocycles. The van der Waals surface area contributed by atoms with E-state index in [1.807, 2.05) is 79.7 Å². The van der Waals surface area contributed by atoms with Gasteiger partial charge in [0, 0.05) is 37.2 Å². The molecule has 2 aliphatic carbocycles. The molecule has 5 rings (SSSR count). The number of thiophene rings is 1. The van der Waals surface area contributed by atoms with Crippen LogP contribution in [0.4, 0.5) is 5.69 Å². The van der Waals surface area contributed by atoms with Crippen LogP contribution < -0.4 is 4.90 Å². The fourth-order valence-electron chi connectivity index (χ4n) is 5.79. The zero-order valence-electron chi connectivity index (χ0n) is 19.9. The summed E-state index contributed by atoms with van der Waals surface area (Å²) in [7, 11) is 0.0567. The second kappa shape index (κ2) is 9.41. The number of sulfonamides is 1. The zero-order valence-corrected chi connectivity index (χ0v) is 21.5. The number of carboxylic acid groups (broad SMARTS) is 1. The first-order valence-corrected chi connectivity index (χ1v) is 14.2. The number of carbonyl (C=O) groups is 1. The highest BCUT2D eigenvalue weighted by Gasteiger charge is 2.55. The predicted octanol–water partition coefficient (Wildman–Crippen LogP) is 5.17. The largest absolute Gasteiger partial charge is 0.481 e. The van der Waals surface area contributed by atoms with Crippen molar-refractivity contribution < 1.29 is 18.3 Å². The molecule has 0 spiro atoms. The molecule has 0 aliphatic heterocycles. The molecule has 4 atom stereocenters. The van der Waals surface area contributed by atoms with Crippen LogP contribution in [0.15, 0.2) is 70.9 Å². The van der Waals surface area contributed by atoms with Crippen molar-refractivity contribution in [1.82, 2.24) is 4.31 Å². The predicted molar refractivity (Wildman–Crippen MR) is 139 cm³/mol. The van der Waals surface area contributed by atoms with E-state index in [-0.39, 0.29) is 22.6 Å². The standard InChI is InChI=1S/C27H30N2O4S2/c1-28(2)22-12-10-19(11-13-22)23-14-15-24(34-23)35(32,33)29(17-18-6-4-3-5-7-18)26-21-9-8-20(16-21)25(26)27(30)31/h3-7,10-15,20-21,25-26H,8-9,16-17H2,1-2H3,(H,30,31). The Morgan fingerprint density at radius 3 is 2.31 bits per heavy atom. The number of benzene rings is 2. The van der Waals surface area contributed by atoms with Gasteiger partial charge in [0.2, 0.25) is 0 Å². The quantitative estimate of drug-likeness (QED) is 0.452. The van der Waals surface area contributed by atoms with Crippen LogP contribution in [0.3, 0.4) is 0 Å². The van der Waals surface area contributed by atoms with E-state index in [9.17, 15) is 18.3 Å². The molecule has 1 aromatic heterocycles. The first-order chi connectivity index (χ1) is 16.8. The third-order valence-electron chi connectivity index (χ3n) is 7.48. The average molecular weight is 511 g/mol. The molecule has 2 bridgehead atoms. The number of fused-ring (bicyclic) bond motifs is 2. The topological polar surface area (TPSA) is 77.9 Å². The normalized spacial score (nSPS) is 23.6. The van der Waals surface area contributed by atoms with E-state index in [0.717, 1.165) is 41.0 Å². The van der Waals surface area contributed by atoms with Gasteiger partial charge in [0.25, 0.3) is 10.0 Å². The summed E-state index contributed by atoms with van der Waals surface area (Å²) in [5, 5.41) is 10.0. The van der Waals surface area contributed by atoms with E-state index in [0.29, 0.717) is 0 Å². The third kappa shape index (κ3) is 4.50. The Morgan fingerprint density at radius 2 is 1.66 bits per heavy atom. The molecular formula is C27H30N2O4S2. The fraction of sp³-hybridized carbons (Fsp3) is 0.370. The summed E-state index contributed by atoms with van der Waals surface area (Å²) in [4.78, 5) is 15.2. The highest BCUT2D eigenvalue weighted by molar-refractivity contribution is 7.91. The van der Waals surface area contributed by atoms with Gasteiger partial charge in [-0.05, 0) is 66.5 Å². The number of hydrogen-bond acceptors (Lipinski definition) is 5. The van der Waals surface area contributed by atoms with Gasteiger partial charge in [-0.15, -0.1) is 11.3 Å². The summed E-state index contributed by atoms with van der Waals surface area (Å²) < 4.78 is 29.9. The molecule has 4 unspecified atom stereocenters. The highest BCUT2D eigenvalue weighted by Crippen LogP contribution is 2.52. The summed E-state index contributed by atoms with van der Waals surface area (Å²) >= 11 is 1.24. The van der Waals surface area contributed by atoms with Crippen molar-refractivity contribution in [2.45, 2.75) is 36.1 Å². The molecular weight excluding hydrogens is 480 g/mol. The summed E-state index contributed by atoms with van der Waals surface area (Å²) in [5.41, 5.74) is 2.89. The number of aliphatic carboxylic acids is 1. The van der Waals surface area contributed by atoms with E-state index in [1.165, 1.54) is 15.6 Å². The minimum absolute atomic E-state index is 0.0464. The van der Waals surface area contributed by atoms with Gasteiger partial charge in [0.05, 0.1) is 5.92 Å². The summed E-state index contributed by atoms with van der Waals surface area (Å²) in [6, 6.07) is 20.5. The Bertz CT molecular complexity index is 1300. The van der Waals surface area contributed by atoms with Crippen LogP contribution in [0.1, 0.15) is 24.8 Å². The lowest BCUT2D eigenvalue weighted by Crippen LogP contribution is -2.49. The molecule has 1 N–H and O–H groups in total. The number of nitrogens with zero attached hydrogens (tertiary/aromatic N) is 2. The molecule has 0 amide bonds. The molecule has 184 valence electrons. The van der Waals surface area contributed by atoms with Crippen molar-refractivity contribution in [3.05, 3.63) is 72.3 Å². The van der Waals surface area contributed by atoms with Crippen LogP contribution >= 0.6 is 11.3 Å². The molecule has 2 fully saturated rings. The van der Waals surface area contributed by atoms with Crippen LogP contribution in [0.25, 0.3) is 10.4 Å². The highest BCUT2D eigenvalue weighted by atomic mass is 32.2. The van der Waals surface area contributed by atoms with E-state index >= 15 is 0 Å². The first kappa shape index (κ1) is 24.0. The SMILES string of the molecule is CN(C)c1ccc(-c2ccc(S(=O)(=O)N(Cc3ccccc3)C3C4CCC(C4)C3C(=O)O)s2)cc1. The monoisotopic (exact) mass is 510 g/mol. The van der Waals surface area contributed by atoms with Gasteiger partial charge in [0.1, 0.15) is 4.21 Å². The van der Waals surface area contributed by atoms with Crippen molar-refractivity contribution in [3.63, 3.8) is 0 Å². The molecule has 2 aliphatic rings. The molecule has 2 aromatic carbocycles. The third-order valence-corrected chi connectivity index (χ3v) is 10.9. The number of hydrogen-bond donors (Lipinski definition) is 1. The minimum atomic E-state index is -3.90. The van der Waals surface area contributed by atoms with Crippen LogP contribution in [0.5, 0.6) is 0 Å². The molecule has 6 nitrogen and oxygen atoms in total. The van der Waals surface area contributed by atoms with Gasteiger partial charge in [-0.3, -0.25) is 4.79 Å². The molecule has 35 heavy (non-hydrogen) atoms. The van der Waals surface area contributed by atoms with Gasteiger partial charge >= 0.3 is 5.97 Å². The summed E-state index contributed by atoms with van der Waals surface area (Å²) in [5.74, 6) is -1.42. The fourth-order valence-corrected chi connectivity index (χ4v) is 8.93. The molecule has 2 saturated carbocycles. The smallest absolute Gasteiger partial charge is 0.308 e. The van der Waals surface area contributed by atoms with Crippen molar-refractivity contribution in [1.29, 1.82) is 0 Å². The van der Waals surface area contributed by atoms with Crippen molar-refractivity contribution >= 4 is 33.0 Å². The lowest BCUT2D eigenvalue weighted by molar-refractivity contribution is -0.145. The van der Waals surface area contributed by atoms with Gasteiger partial charge < -0.3 is 10.0 Å². The van der Waals surface area contributed by atoms with Gasteiger partial charge in [-0.1, -0.05) is 42.5 Å². The van der Waals surface area contributed by atoms with E-state index in [1.54, 1.807) is 6.07 Å². The Kier molecular flexibility index (Phi) is 6.46. The summed E-state index contributed by atoms with van der Waals surface area (Å²) in [6.45, 7) is 0.172. The van der Waals surface area contributed by atoms with Crippen LogP contribution in [0, 0.1) is 17.8 Å². The molecule has 3 aromatic rings. The van der Waals surface area contributed by atoms with E-state index in [2.05, 4.69) is 0 Å². The van der Waals surface area contributed by atoms with Crippen molar-refractivity contribution in [2.24, 2.45) is 17.8 Å². The second-order valence-electron chi connectivity index (χ2n) is 9.78. The van der Waals surface area contributed by atoms with Gasteiger partial charge in [-0.2, -0.15) is 4.31 Å². The molecule has 8 heteroatoms. The lowest BCUT2D eigenvalue weighted by Gasteiger charge is -2.37. The Balaban J connectivity index is 1.52. The number of carboxylic acids is 1. The number of anilines is 1. The molecule has 0 radical (unpaired) electrons. The van der Waals surface area contributed by atoms with Gasteiger partial charge in [0.15, 0.2) is 0 Å².